The lowest BCUT2D eigenvalue weighted by Gasteiger charge is -2.17. The van der Waals surface area contributed by atoms with E-state index in [1.165, 1.54) is 11.1 Å². The number of carbonyl (C=O) groups excluding carboxylic acids is 1. The normalized spacial score (nSPS) is 24.0. The number of anilines is 1. The molecule has 1 atom stereocenters. The zero-order chi connectivity index (χ0) is 9.54. The van der Waals surface area contributed by atoms with Crippen molar-refractivity contribution in [1.82, 2.24) is 0 Å². The summed E-state index contributed by atoms with van der Waals surface area (Å²) >= 11 is 0. The summed E-state index contributed by atoms with van der Waals surface area (Å²) in [6.07, 6.45) is 1.75. The molecular formula is C11H11NO2. The van der Waals surface area contributed by atoms with Gasteiger partial charge < -0.3 is 10.1 Å². The van der Waals surface area contributed by atoms with E-state index in [1.54, 1.807) is 0 Å². The number of carbonyl (C=O) groups is 1. The number of benzene rings is 1. The minimum absolute atomic E-state index is 0.118. The van der Waals surface area contributed by atoms with Gasteiger partial charge in [-0.25, -0.2) is 0 Å². The van der Waals surface area contributed by atoms with Gasteiger partial charge in [0.1, 0.15) is 6.10 Å². The maximum Gasteiger partial charge on any atom is 0.224 e. The van der Waals surface area contributed by atoms with Crippen molar-refractivity contribution in [3.63, 3.8) is 0 Å². The Bertz CT molecular complexity index is 396. The number of nitrogens with one attached hydrogen (secondary N) is 1. The maximum atomic E-state index is 11.1. The molecule has 3 rings (SSSR count). The molecule has 0 aliphatic carbocycles. The number of fused-ring (bicyclic) bond motifs is 1. The van der Waals surface area contributed by atoms with Gasteiger partial charge in [0, 0.05) is 12.1 Å². The van der Waals surface area contributed by atoms with Crippen LogP contribution in [0.3, 0.4) is 0 Å². The number of hydrogen-bond donors (Lipinski definition) is 1. The van der Waals surface area contributed by atoms with Crippen LogP contribution in [0.1, 0.15) is 23.7 Å². The van der Waals surface area contributed by atoms with Crippen LogP contribution in [0.4, 0.5) is 5.69 Å². The minimum Gasteiger partial charge on any atom is -0.368 e. The molecule has 1 aromatic rings. The van der Waals surface area contributed by atoms with Crippen molar-refractivity contribution >= 4 is 11.6 Å². The Morgan fingerprint density at radius 2 is 2.21 bits per heavy atom. The molecular weight excluding hydrogens is 178 g/mol. The molecule has 2 aliphatic rings. The van der Waals surface area contributed by atoms with Crippen molar-refractivity contribution in [2.75, 3.05) is 11.9 Å². The van der Waals surface area contributed by atoms with Crippen LogP contribution in [0.5, 0.6) is 0 Å². The van der Waals surface area contributed by atoms with Crippen LogP contribution in [0.15, 0.2) is 18.2 Å². The summed E-state index contributed by atoms with van der Waals surface area (Å²) in [4.78, 5) is 11.1. The van der Waals surface area contributed by atoms with E-state index in [1.807, 2.05) is 12.1 Å². The van der Waals surface area contributed by atoms with E-state index in [2.05, 4.69) is 11.4 Å². The van der Waals surface area contributed by atoms with Crippen LogP contribution in [0, 0.1) is 0 Å². The molecule has 1 aromatic carbocycles. The first kappa shape index (κ1) is 8.00. The molecule has 3 nitrogen and oxygen atoms in total. The van der Waals surface area contributed by atoms with Gasteiger partial charge in [0.25, 0.3) is 0 Å². The summed E-state index contributed by atoms with van der Waals surface area (Å²) < 4.78 is 5.22. The van der Waals surface area contributed by atoms with Gasteiger partial charge in [-0.05, 0) is 23.6 Å². The number of rotatable bonds is 1. The third kappa shape index (κ3) is 1.30. The van der Waals surface area contributed by atoms with Crippen molar-refractivity contribution in [2.45, 2.75) is 18.9 Å². The molecule has 1 amide bonds. The first-order chi connectivity index (χ1) is 6.83. The summed E-state index contributed by atoms with van der Waals surface area (Å²) in [6.45, 7) is 0.838. The summed E-state index contributed by atoms with van der Waals surface area (Å²) in [5.41, 5.74) is 3.43. The zero-order valence-corrected chi connectivity index (χ0v) is 7.75. The van der Waals surface area contributed by atoms with Gasteiger partial charge in [0.2, 0.25) is 5.91 Å². The third-order valence-electron chi connectivity index (χ3n) is 2.73. The van der Waals surface area contributed by atoms with Crippen molar-refractivity contribution in [3.05, 3.63) is 29.3 Å². The van der Waals surface area contributed by atoms with Crippen molar-refractivity contribution < 1.29 is 9.53 Å². The number of aryl methyl sites for hydroxylation is 1. The molecule has 72 valence electrons. The Labute approximate surface area is 82.1 Å². The van der Waals surface area contributed by atoms with E-state index in [0.717, 1.165) is 18.7 Å². The van der Waals surface area contributed by atoms with E-state index in [9.17, 15) is 4.79 Å². The largest absolute Gasteiger partial charge is 0.368 e. The zero-order valence-electron chi connectivity index (χ0n) is 7.75. The topological polar surface area (TPSA) is 41.6 Å². The van der Waals surface area contributed by atoms with Crippen molar-refractivity contribution in [2.24, 2.45) is 0 Å². The number of epoxide rings is 1. The molecule has 14 heavy (non-hydrogen) atoms. The maximum absolute atomic E-state index is 11.1. The highest BCUT2D eigenvalue weighted by Gasteiger charge is 2.26. The standard InChI is InChI=1S/C11H11NO2/c13-11-4-2-7-5-8(10-6-14-10)1-3-9(7)12-11/h1,3,5,10H,2,4,6H2,(H,12,13). The second-order valence-electron chi connectivity index (χ2n) is 3.79. The highest BCUT2D eigenvalue weighted by molar-refractivity contribution is 5.93. The fraction of sp³-hybridized carbons (Fsp3) is 0.364. The smallest absolute Gasteiger partial charge is 0.224 e. The predicted octanol–water partition coefficient (Wildman–Crippen LogP) is 1.64. The quantitative estimate of drug-likeness (QED) is 0.682. The molecule has 1 unspecified atom stereocenters. The van der Waals surface area contributed by atoms with Crippen LogP contribution < -0.4 is 5.32 Å². The van der Waals surface area contributed by atoms with Crippen molar-refractivity contribution in [1.29, 1.82) is 0 Å². The van der Waals surface area contributed by atoms with Gasteiger partial charge >= 0.3 is 0 Å². The second kappa shape index (κ2) is 2.82. The first-order valence-electron chi connectivity index (χ1n) is 4.87. The van der Waals surface area contributed by atoms with Gasteiger partial charge in [-0.3, -0.25) is 4.79 Å². The van der Waals surface area contributed by atoms with Crippen molar-refractivity contribution in [3.8, 4) is 0 Å². The van der Waals surface area contributed by atoms with Crippen LogP contribution in [0.2, 0.25) is 0 Å². The molecule has 2 heterocycles. The summed E-state index contributed by atoms with van der Waals surface area (Å²) in [6, 6.07) is 6.15. The van der Waals surface area contributed by atoms with E-state index < -0.39 is 0 Å². The van der Waals surface area contributed by atoms with E-state index in [0.29, 0.717) is 12.5 Å². The van der Waals surface area contributed by atoms with Crippen LogP contribution in [-0.4, -0.2) is 12.5 Å². The Balaban J connectivity index is 1.97. The highest BCUT2D eigenvalue weighted by Crippen LogP contribution is 2.33. The van der Waals surface area contributed by atoms with Crippen LogP contribution >= 0.6 is 0 Å². The monoisotopic (exact) mass is 189 g/mol. The fourth-order valence-corrected chi connectivity index (χ4v) is 1.84. The number of amides is 1. The molecule has 0 spiro atoms. The van der Waals surface area contributed by atoms with E-state index >= 15 is 0 Å². The lowest BCUT2D eigenvalue weighted by molar-refractivity contribution is -0.116. The Morgan fingerprint density at radius 3 is 3.00 bits per heavy atom. The van der Waals surface area contributed by atoms with E-state index in [4.69, 9.17) is 4.74 Å². The van der Waals surface area contributed by atoms with Crippen LogP contribution in [0.25, 0.3) is 0 Å². The lowest BCUT2D eigenvalue weighted by Crippen LogP contribution is -2.18. The van der Waals surface area contributed by atoms with Gasteiger partial charge in [-0.15, -0.1) is 0 Å². The third-order valence-corrected chi connectivity index (χ3v) is 2.73. The molecule has 1 saturated heterocycles. The van der Waals surface area contributed by atoms with Gasteiger partial charge in [0.05, 0.1) is 6.61 Å². The summed E-state index contributed by atoms with van der Waals surface area (Å²) in [5, 5.41) is 2.87. The molecule has 1 N–H and O–H groups in total. The molecule has 1 fully saturated rings. The number of hydrogen-bond acceptors (Lipinski definition) is 2. The fourth-order valence-electron chi connectivity index (χ4n) is 1.84. The molecule has 0 radical (unpaired) electrons. The summed E-state index contributed by atoms with van der Waals surface area (Å²) in [7, 11) is 0. The minimum atomic E-state index is 0.118. The Hall–Kier alpha value is -1.35. The van der Waals surface area contributed by atoms with Gasteiger partial charge in [0.15, 0.2) is 0 Å². The molecule has 0 saturated carbocycles. The molecule has 2 aliphatic heterocycles. The average molecular weight is 189 g/mol. The van der Waals surface area contributed by atoms with E-state index in [-0.39, 0.29) is 5.91 Å². The lowest BCUT2D eigenvalue weighted by atomic mass is 9.99. The van der Waals surface area contributed by atoms with Gasteiger partial charge in [-0.2, -0.15) is 0 Å². The SMILES string of the molecule is O=C1CCc2cc(C3CO3)ccc2N1. The molecule has 0 bridgehead atoms. The first-order valence-corrected chi connectivity index (χ1v) is 4.87. The predicted molar refractivity (Wildman–Crippen MR) is 52.1 cm³/mol. The van der Waals surface area contributed by atoms with Crippen LogP contribution in [-0.2, 0) is 16.0 Å². The molecule has 3 heteroatoms. The van der Waals surface area contributed by atoms with Gasteiger partial charge in [-0.1, -0.05) is 12.1 Å². The molecule has 0 aromatic heterocycles. The summed E-state index contributed by atoms with van der Waals surface area (Å²) in [5.74, 6) is 0.118. The second-order valence-corrected chi connectivity index (χ2v) is 3.79. The average Bonchev–Trinajstić information content (AvgIpc) is 3.00. The number of ether oxygens (including phenoxy) is 1. The Morgan fingerprint density at radius 1 is 1.36 bits per heavy atom. The Kier molecular flexibility index (Phi) is 1.61. The highest BCUT2D eigenvalue weighted by atomic mass is 16.6.